The van der Waals surface area contributed by atoms with E-state index in [-0.39, 0.29) is 23.1 Å². The number of amides is 1. The molecule has 3 unspecified atom stereocenters. The third kappa shape index (κ3) is 2.88. The third-order valence-electron chi connectivity index (χ3n) is 4.68. The minimum atomic E-state index is -0.754. The van der Waals surface area contributed by atoms with Gasteiger partial charge >= 0.3 is 0 Å². The minimum Gasteiger partial charge on any atom is -0.382 e. The van der Waals surface area contributed by atoms with Crippen LogP contribution >= 0.6 is 0 Å². The van der Waals surface area contributed by atoms with Gasteiger partial charge in [0, 0.05) is 23.8 Å². The van der Waals surface area contributed by atoms with E-state index in [1.807, 2.05) is 6.92 Å². The number of nitrogens with one attached hydrogen (secondary N) is 1. The number of ether oxygens (including phenoxy) is 1. The van der Waals surface area contributed by atoms with Crippen molar-refractivity contribution in [1.82, 2.24) is 0 Å². The van der Waals surface area contributed by atoms with Crippen molar-refractivity contribution in [3.05, 3.63) is 29.6 Å². The van der Waals surface area contributed by atoms with Crippen molar-refractivity contribution in [1.29, 1.82) is 0 Å². The first kappa shape index (κ1) is 15.8. The van der Waals surface area contributed by atoms with Crippen LogP contribution in [0, 0.1) is 11.2 Å². The molecule has 0 radical (unpaired) electrons. The Labute approximate surface area is 124 Å². The van der Waals surface area contributed by atoms with E-state index in [0.29, 0.717) is 12.3 Å². The van der Waals surface area contributed by atoms with Gasteiger partial charge in [0.2, 0.25) is 0 Å². The predicted octanol–water partition coefficient (Wildman–Crippen LogP) is 2.93. The molecule has 1 amide bonds. The van der Waals surface area contributed by atoms with E-state index in [2.05, 4.69) is 19.2 Å². The standard InChI is InChI=1S/C16H23FN2O2/c1-4-16(3)13(9-14(16)21-5-2)19-10-6-7-12(17)11(8-10)15(18)20/h6-8,13-14,19H,4-5,9H2,1-3H3,(H2,18,20). The van der Waals surface area contributed by atoms with Crippen molar-refractivity contribution in [3.8, 4) is 0 Å². The number of anilines is 1. The summed E-state index contributed by atoms with van der Waals surface area (Å²) in [5.74, 6) is -1.35. The molecule has 4 nitrogen and oxygen atoms in total. The fourth-order valence-electron chi connectivity index (χ4n) is 2.98. The fraction of sp³-hybridized carbons (Fsp3) is 0.562. The topological polar surface area (TPSA) is 64.3 Å². The van der Waals surface area contributed by atoms with Crippen LogP contribution in [0.4, 0.5) is 10.1 Å². The average molecular weight is 294 g/mol. The number of primary amides is 1. The normalized spacial score (nSPS) is 28.0. The van der Waals surface area contributed by atoms with Gasteiger partial charge in [0.25, 0.3) is 5.91 Å². The van der Waals surface area contributed by atoms with Gasteiger partial charge in [0.05, 0.1) is 11.7 Å². The second-order valence-electron chi connectivity index (χ2n) is 5.79. The molecule has 1 saturated carbocycles. The summed E-state index contributed by atoms with van der Waals surface area (Å²) in [6.45, 7) is 7.03. The molecule has 0 aliphatic heterocycles. The van der Waals surface area contributed by atoms with Crippen LogP contribution in [0.15, 0.2) is 18.2 Å². The molecule has 1 aliphatic rings. The Morgan fingerprint density at radius 1 is 1.52 bits per heavy atom. The summed E-state index contributed by atoms with van der Waals surface area (Å²) in [4.78, 5) is 11.2. The highest BCUT2D eigenvalue weighted by Gasteiger charge is 2.51. The van der Waals surface area contributed by atoms with Crippen molar-refractivity contribution in [2.45, 2.75) is 45.8 Å². The van der Waals surface area contributed by atoms with Gasteiger partial charge in [0.1, 0.15) is 5.82 Å². The number of carbonyl (C=O) groups excluding carboxylic acids is 1. The van der Waals surface area contributed by atoms with Crippen LogP contribution < -0.4 is 11.1 Å². The highest BCUT2D eigenvalue weighted by Crippen LogP contribution is 2.47. The van der Waals surface area contributed by atoms with Crippen molar-refractivity contribution in [3.63, 3.8) is 0 Å². The van der Waals surface area contributed by atoms with Gasteiger partial charge in [-0.25, -0.2) is 4.39 Å². The second-order valence-corrected chi connectivity index (χ2v) is 5.79. The Hall–Kier alpha value is -1.62. The van der Waals surface area contributed by atoms with Gasteiger partial charge in [-0.1, -0.05) is 13.8 Å². The molecular formula is C16H23FN2O2. The molecule has 5 heteroatoms. The summed E-state index contributed by atoms with van der Waals surface area (Å²) in [6, 6.07) is 4.61. The zero-order chi connectivity index (χ0) is 15.6. The second kappa shape index (κ2) is 6.02. The molecular weight excluding hydrogens is 271 g/mol. The van der Waals surface area contributed by atoms with Gasteiger partial charge in [-0.05, 0) is 38.0 Å². The van der Waals surface area contributed by atoms with Crippen molar-refractivity contribution < 1.29 is 13.9 Å². The highest BCUT2D eigenvalue weighted by atomic mass is 19.1. The zero-order valence-electron chi connectivity index (χ0n) is 12.8. The maximum Gasteiger partial charge on any atom is 0.251 e. The molecule has 0 saturated heterocycles. The first-order valence-corrected chi connectivity index (χ1v) is 7.39. The third-order valence-corrected chi connectivity index (χ3v) is 4.68. The summed E-state index contributed by atoms with van der Waals surface area (Å²) in [6.07, 6.45) is 2.13. The van der Waals surface area contributed by atoms with Crippen molar-refractivity contribution in [2.24, 2.45) is 11.1 Å². The largest absolute Gasteiger partial charge is 0.382 e. The van der Waals surface area contributed by atoms with E-state index >= 15 is 0 Å². The van der Waals surface area contributed by atoms with Gasteiger partial charge in [-0.15, -0.1) is 0 Å². The van der Waals surface area contributed by atoms with E-state index in [0.717, 1.165) is 12.8 Å². The van der Waals surface area contributed by atoms with E-state index in [1.54, 1.807) is 6.07 Å². The van der Waals surface area contributed by atoms with E-state index in [9.17, 15) is 9.18 Å². The van der Waals surface area contributed by atoms with Gasteiger partial charge in [-0.3, -0.25) is 4.79 Å². The van der Waals surface area contributed by atoms with Crippen LogP contribution in [-0.2, 0) is 4.74 Å². The smallest absolute Gasteiger partial charge is 0.251 e. The first-order chi connectivity index (χ1) is 9.92. The lowest BCUT2D eigenvalue weighted by Crippen LogP contribution is -2.59. The molecule has 0 heterocycles. The Kier molecular flexibility index (Phi) is 4.52. The first-order valence-electron chi connectivity index (χ1n) is 7.39. The maximum atomic E-state index is 13.5. The van der Waals surface area contributed by atoms with Gasteiger partial charge in [-0.2, -0.15) is 0 Å². The molecule has 3 N–H and O–H groups in total. The van der Waals surface area contributed by atoms with Gasteiger partial charge in [0.15, 0.2) is 0 Å². The van der Waals surface area contributed by atoms with Crippen LogP contribution in [0.1, 0.15) is 44.0 Å². The molecule has 1 aliphatic carbocycles. The van der Waals surface area contributed by atoms with Gasteiger partial charge < -0.3 is 15.8 Å². The number of hydrogen-bond donors (Lipinski definition) is 2. The van der Waals surface area contributed by atoms with Crippen LogP contribution in [0.25, 0.3) is 0 Å². The quantitative estimate of drug-likeness (QED) is 0.848. The van der Waals surface area contributed by atoms with E-state index < -0.39 is 11.7 Å². The Morgan fingerprint density at radius 3 is 2.81 bits per heavy atom. The lowest BCUT2D eigenvalue weighted by molar-refractivity contribution is -0.109. The molecule has 1 aromatic rings. The van der Waals surface area contributed by atoms with Crippen LogP contribution in [0.2, 0.25) is 0 Å². The molecule has 0 bridgehead atoms. The lowest BCUT2D eigenvalue weighted by Gasteiger charge is -2.54. The fourth-order valence-corrected chi connectivity index (χ4v) is 2.98. The molecule has 116 valence electrons. The minimum absolute atomic E-state index is 0.0390. The van der Waals surface area contributed by atoms with Crippen molar-refractivity contribution in [2.75, 3.05) is 11.9 Å². The Morgan fingerprint density at radius 2 is 2.24 bits per heavy atom. The Bertz CT molecular complexity index is 535. The lowest BCUT2D eigenvalue weighted by atomic mass is 9.61. The number of halogens is 1. The number of carbonyl (C=O) groups is 1. The summed E-state index contributed by atoms with van der Waals surface area (Å²) in [5.41, 5.74) is 5.84. The summed E-state index contributed by atoms with van der Waals surface area (Å²) >= 11 is 0. The summed E-state index contributed by atoms with van der Waals surface area (Å²) < 4.78 is 19.2. The van der Waals surface area contributed by atoms with Crippen LogP contribution in [0.3, 0.4) is 0 Å². The van der Waals surface area contributed by atoms with E-state index in [4.69, 9.17) is 10.5 Å². The molecule has 21 heavy (non-hydrogen) atoms. The van der Waals surface area contributed by atoms with Crippen molar-refractivity contribution >= 4 is 11.6 Å². The van der Waals surface area contributed by atoms with Crippen LogP contribution in [0.5, 0.6) is 0 Å². The number of benzene rings is 1. The average Bonchev–Trinajstić information content (AvgIpc) is 2.46. The number of nitrogens with two attached hydrogens (primary N) is 1. The number of rotatable bonds is 6. The number of hydrogen-bond acceptors (Lipinski definition) is 3. The molecule has 3 atom stereocenters. The highest BCUT2D eigenvalue weighted by molar-refractivity contribution is 5.94. The zero-order valence-corrected chi connectivity index (χ0v) is 12.8. The molecule has 1 fully saturated rings. The molecule has 2 rings (SSSR count). The summed E-state index contributed by atoms with van der Waals surface area (Å²) in [7, 11) is 0. The molecule has 0 spiro atoms. The van der Waals surface area contributed by atoms with Crippen LogP contribution in [-0.4, -0.2) is 24.7 Å². The molecule has 0 aromatic heterocycles. The van der Waals surface area contributed by atoms with E-state index in [1.165, 1.54) is 12.1 Å². The SMILES string of the molecule is CCOC1CC(Nc2ccc(F)c(C(N)=O)c2)C1(C)CC. The molecule has 1 aromatic carbocycles. The predicted molar refractivity (Wildman–Crippen MR) is 80.8 cm³/mol. The summed E-state index contributed by atoms with van der Waals surface area (Å²) in [5, 5.41) is 3.38. The monoisotopic (exact) mass is 294 g/mol. The Balaban J connectivity index is 2.12. The maximum absolute atomic E-state index is 13.5.